The van der Waals surface area contributed by atoms with E-state index in [1.165, 1.54) is 6.07 Å². The molecule has 1 aromatic carbocycles. The van der Waals surface area contributed by atoms with Crippen molar-refractivity contribution in [1.29, 1.82) is 0 Å². The van der Waals surface area contributed by atoms with Crippen LogP contribution in [0.25, 0.3) is 0 Å². The van der Waals surface area contributed by atoms with Gasteiger partial charge >= 0.3 is 0 Å². The van der Waals surface area contributed by atoms with Gasteiger partial charge in [0.2, 0.25) is 0 Å². The van der Waals surface area contributed by atoms with Gasteiger partial charge in [0.15, 0.2) is 0 Å². The summed E-state index contributed by atoms with van der Waals surface area (Å²) in [4.78, 5) is 14.3. The molecule has 0 saturated heterocycles. The van der Waals surface area contributed by atoms with Crippen LogP contribution in [0.3, 0.4) is 0 Å². The van der Waals surface area contributed by atoms with Gasteiger partial charge < -0.3 is 0 Å². The van der Waals surface area contributed by atoms with Crippen molar-refractivity contribution in [2.45, 2.75) is 6.42 Å². The van der Waals surface area contributed by atoms with E-state index in [2.05, 4.69) is 4.99 Å². The molecule has 4 nitrogen and oxygen atoms in total. The number of nitro benzene ring substituents is 1. The van der Waals surface area contributed by atoms with Crippen LogP contribution in [0.5, 0.6) is 0 Å². The standard InChI is InChI=1S/C9H8N2O2/c12-11(13)9-3-1-2-7-4-5-10-6-8(7)9/h1-3,6H,4-5H2. The Morgan fingerprint density at radius 3 is 3.08 bits per heavy atom. The first-order valence-electron chi connectivity index (χ1n) is 4.05. The van der Waals surface area contributed by atoms with Gasteiger partial charge in [-0.2, -0.15) is 0 Å². The molecular weight excluding hydrogens is 168 g/mol. The number of nitrogens with zero attached hydrogens (tertiary/aromatic N) is 2. The van der Waals surface area contributed by atoms with Crippen molar-refractivity contribution in [2.24, 2.45) is 4.99 Å². The topological polar surface area (TPSA) is 55.5 Å². The van der Waals surface area contributed by atoms with Crippen LogP contribution >= 0.6 is 0 Å². The molecule has 0 unspecified atom stereocenters. The lowest BCUT2D eigenvalue weighted by molar-refractivity contribution is -0.385. The summed E-state index contributed by atoms with van der Waals surface area (Å²) in [6.45, 7) is 0.730. The summed E-state index contributed by atoms with van der Waals surface area (Å²) in [5, 5.41) is 10.6. The summed E-state index contributed by atoms with van der Waals surface area (Å²) in [7, 11) is 0. The van der Waals surface area contributed by atoms with Gasteiger partial charge in [0, 0.05) is 18.8 Å². The Kier molecular flexibility index (Phi) is 1.81. The third-order valence-electron chi connectivity index (χ3n) is 2.10. The van der Waals surface area contributed by atoms with Gasteiger partial charge in [-0.1, -0.05) is 12.1 Å². The van der Waals surface area contributed by atoms with E-state index in [0.29, 0.717) is 5.56 Å². The van der Waals surface area contributed by atoms with Crippen molar-refractivity contribution >= 4 is 11.9 Å². The number of nitro groups is 1. The van der Waals surface area contributed by atoms with E-state index in [1.807, 2.05) is 6.07 Å². The number of fused-ring (bicyclic) bond motifs is 1. The molecule has 4 heteroatoms. The van der Waals surface area contributed by atoms with Crippen LogP contribution in [0.2, 0.25) is 0 Å². The van der Waals surface area contributed by atoms with E-state index in [0.717, 1.165) is 18.5 Å². The lowest BCUT2D eigenvalue weighted by atomic mass is 10.0. The second kappa shape index (κ2) is 2.97. The van der Waals surface area contributed by atoms with Gasteiger partial charge in [0.25, 0.3) is 5.69 Å². The molecule has 1 aromatic rings. The quantitative estimate of drug-likeness (QED) is 0.481. The molecule has 13 heavy (non-hydrogen) atoms. The number of rotatable bonds is 1. The molecule has 0 radical (unpaired) electrons. The lowest BCUT2D eigenvalue weighted by Crippen LogP contribution is -2.05. The first kappa shape index (κ1) is 7.91. The third-order valence-corrected chi connectivity index (χ3v) is 2.10. The van der Waals surface area contributed by atoms with E-state index in [9.17, 15) is 10.1 Å². The fourth-order valence-electron chi connectivity index (χ4n) is 1.47. The third kappa shape index (κ3) is 1.30. The largest absolute Gasteiger partial charge is 0.292 e. The van der Waals surface area contributed by atoms with Crippen LogP contribution in [-0.2, 0) is 6.42 Å². The van der Waals surface area contributed by atoms with Crippen molar-refractivity contribution in [3.8, 4) is 0 Å². The molecule has 0 spiro atoms. The molecule has 1 heterocycles. The van der Waals surface area contributed by atoms with Gasteiger partial charge in [0.1, 0.15) is 0 Å². The predicted molar refractivity (Wildman–Crippen MR) is 49.3 cm³/mol. The highest BCUT2D eigenvalue weighted by Crippen LogP contribution is 2.22. The zero-order chi connectivity index (χ0) is 9.26. The molecule has 1 aliphatic heterocycles. The summed E-state index contributed by atoms with van der Waals surface area (Å²) in [5.74, 6) is 0. The second-order valence-electron chi connectivity index (χ2n) is 2.89. The Morgan fingerprint density at radius 1 is 1.46 bits per heavy atom. The van der Waals surface area contributed by atoms with Crippen molar-refractivity contribution in [3.05, 3.63) is 39.4 Å². The molecule has 0 amide bonds. The molecule has 66 valence electrons. The van der Waals surface area contributed by atoms with Gasteiger partial charge in [-0.25, -0.2) is 0 Å². The van der Waals surface area contributed by atoms with E-state index in [-0.39, 0.29) is 10.6 Å². The van der Waals surface area contributed by atoms with Crippen molar-refractivity contribution in [3.63, 3.8) is 0 Å². The normalized spacial score (nSPS) is 13.8. The van der Waals surface area contributed by atoms with E-state index < -0.39 is 0 Å². The zero-order valence-electron chi connectivity index (χ0n) is 6.93. The number of hydrogen-bond acceptors (Lipinski definition) is 3. The van der Waals surface area contributed by atoms with Crippen molar-refractivity contribution in [1.82, 2.24) is 0 Å². The van der Waals surface area contributed by atoms with Gasteiger partial charge in [-0.3, -0.25) is 15.1 Å². The van der Waals surface area contributed by atoms with Gasteiger partial charge in [0.05, 0.1) is 10.5 Å². The molecular formula is C9H8N2O2. The summed E-state index contributed by atoms with van der Waals surface area (Å²) >= 11 is 0. The van der Waals surface area contributed by atoms with E-state index >= 15 is 0 Å². The highest BCUT2D eigenvalue weighted by molar-refractivity contribution is 5.88. The molecule has 0 N–H and O–H groups in total. The minimum Gasteiger partial charge on any atom is -0.292 e. The maximum Gasteiger partial charge on any atom is 0.278 e. The summed E-state index contributed by atoms with van der Waals surface area (Å²) in [6, 6.07) is 5.14. The Morgan fingerprint density at radius 2 is 2.31 bits per heavy atom. The minimum absolute atomic E-state index is 0.154. The lowest BCUT2D eigenvalue weighted by Gasteiger charge is -2.08. The SMILES string of the molecule is O=[N+]([O-])c1cccc2c1C=NCC2. The fourth-order valence-corrected chi connectivity index (χ4v) is 1.47. The van der Waals surface area contributed by atoms with E-state index in [1.54, 1.807) is 12.3 Å². The van der Waals surface area contributed by atoms with Crippen molar-refractivity contribution in [2.75, 3.05) is 6.54 Å². The smallest absolute Gasteiger partial charge is 0.278 e. The Hall–Kier alpha value is -1.71. The first-order valence-corrected chi connectivity index (χ1v) is 4.05. The number of hydrogen-bond donors (Lipinski definition) is 0. The highest BCUT2D eigenvalue weighted by Gasteiger charge is 2.16. The van der Waals surface area contributed by atoms with Crippen LogP contribution in [0, 0.1) is 10.1 Å². The van der Waals surface area contributed by atoms with Crippen LogP contribution in [-0.4, -0.2) is 17.7 Å². The fraction of sp³-hybridized carbons (Fsp3) is 0.222. The molecule has 2 rings (SSSR count). The predicted octanol–water partition coefficient (Wildman–Crippen LogP) is 1.57. The Balaban J connectivity index is 2.60. The van der Waals surface area contributed by atoms with Gasteiger partial charge in [-0.15, -0.1) is 0 Å². The number of aliphatic imine (C=N–C) groups is 1. The molecule has 0 atom stereocenters. The monoisotopic (exact) mass is 176 g/mol. The van der Waals surface area contributed by atoms with Crippen LogP contribution < -0.4 is 0 Å². The maximum atomic E-state index is 10.6. The average Bonchev–Trinajstić information content (AvgIpc) is 2.17. The first-order chi connectivity index (χ1) is 6.29. The Labute approximate surface area is 75.1 Å². The Bertz CT molecular complexity index is 385. The average molecular weight is 176 g/mol. The molecule has 0 saturated carbocycles. The van der Waals surface area contributed by atoms with Crippen LogP contribution in [0.15, 0.2) is 23.2 Å². The number of benzene rings is 1. The second-order valence-corrected chi connectivity index (χ2v) is 2.89. The minimum atomic E-state index is -0.365. The summed E-state index contributed by atoms with van der Waals surface area (Å²) in [5.41, 5.74) is 1.84. The molecule has 0 fully saturated rings. The van der Waals surface area contributed by atoms with E-state index in [4.69, 9.17) is 0 Å². The summed E-state index contributed by atoms with van der Waals surface area (Å²) < 4.78 is 0. The van der Waals surface area contributed by atoms with Crippen LogP contribution in [0.1, 0.15) is 11.1 Å². The molecule has 1 aliphatic rings. The van der Waals surface area contributed by atoms with Crippen molar-refractivity contribution < 1.29 is 4.92 Å². The molecule has 0 aromatic heterocycles. The van der Waals surface area contributed by atoms with Crippen LogP contribution in [0.4, 0.5) is 5.69 Å². The zero-order valence-corrected chi connectivity index (χ0v) is 6.93. The highest BCUT2D eigenvalue weighted by atomic mass is 16.6. The van der Waals surface area contributed by atoms with Gasteiger partial charge in [-0.05, 0) is 12.0 Å². The molecule has 0 aliphatic carbocycles. The maximum absolute atomic E-state index is 10.6. The summed E-state index contributed by atoms with van der Waals surface area (Å²) in [6.07, 6.45) is 2.39. The molecule has 0 bridgehead atoms.